The van der Waals surface area contributed by atoms with Gasteiger partial charge < -0.3 is 10.6 Å². The third kappa shape index (κ3) is 5.01. The van der Waals surface area contributed by atoms with Crippen molar-refractivity contribution in [3.63, 3.8) is 0 Å². The van der Waals surface area contributed by atoms with Crippen molar-refractivity contribution < 1.29 is 19.2 Å². The van der Waals surface area contributed by atoms with Crippen molar-refractivity contribution in [2.24, 2.45) is 0 Å². The van der Waals surface area contributed by atoms with Gasteiger partial charge in [0.2, 0.25) is 11.8 Å². The monoisotopic (exact) mass is 326 g/mol. The summed E-state index contributed by atoms with van der Waals surface area (Å²) in [4.78, 5) is 45.2. The van der Waals surface area contributed by atoms with E-state index >= 15 is 0 Å². The van der Waals surface area contributed by atoms with Gasteiger partial charge in [0, 0.05) is 11.4 Å². The van der Waals surface area contributed by atoms with Gasteiger partial charge in [-0.25, -0.2) is 0 Å². The minimum Gasteiger partial charge on any atom is -0.326 e. The average molecular weight is 326 g/mol. The molecule has 6 nitrogen and oxygen atoms in total. The van der Waals surface area contributed by atoms with Gasteiger partial charge >= 0.3 is 0 Å². The molecular weight excluding hydrogens is 308 g/mol. The summed E-state index contributed by atoms with van der Waals surface area (Å²) in [5, 5.41) is 7.07. The van der Waals surface area contributed by atoms with Crippen LogP contribution in [-0.2, 0) is 19.2 Å². The molecule has 2 aromatic carbocycles. The number of hydrogen-bond donors (Lipinski definition) is 2. The van der Waals surface area contributed by atoms with Gasteiger partial charge in [-0.2, -0.15) is 0 Å². The number of carbonyl (C=O) groups excluding carboxylic acids is 4. The Morgan fingerprint density at radius 1 is 0.708 bits per heavy atom. The maximum Gasteiger partial charge on any atom is 0.231 e. The molecule has 0 aliphatic rings. The summed E-state index contributed by atoms with van der Waals surface area (Å²) in [6.07, 6.45) is -0.335. The predicted molar refractivity (Wildman–Crippen MR) is 91.8 cm³/mol. The van der Waals surface area contributed by atoms with Crippen LogP contribution in [-0.4, -0.2) is 23.4 Å². The van der Waals surface area contributed by atoms with Gasteiger partial charge in [-0.3, -0.25) is 19.2 Å². The van der Waals surface area contributed by atoms with Crippen LogP contribution in [0.2, 0.25) is 0 Å². The second kappa shape index (κ2) is 7.50. The summed E-state index contributed by atoms with van der Waals surface area (Å²) >= 11 is 0. The van der Waals surface area contributed by atoms with Crippen LogP contribution < -0.4 is 10.6 Å². The van der Waals surface area contributed by atoms with Crippen LogP contribution in [0.1, 0.15) is 26.7 Å². The molecular formula is C18H18N2O4. The zero-order valence-corrected chi connectivity index (χ0v) is 13.5. The second-order valence-electron chi connectivity index (χ2n) is 5.63. The third-order valence-corrected chi connectivity index (χ3v) is 3.23. The van der Waals surface area contributed by atoms with E-state index in [1.807, 2.05) is 12.1 Å². The van der Waals surface area contributed by atoms with Crippen molar-refractivity contribution in [1.82, 2.24) is 0 Å². The maximum absolute atomic E-state index is 11.7. The molecule has 2 aromatic rings. The third-order valence-electron chi connectivity index (χ3n) is 3.23. The van der Waals surface area contributed by atoms with Gasteiger partial charge in [-0.1, -0.05) is 12.1 Å². The Bertz CT molecular complexity index is 762. The van der Waals surface area contributed by atoms with Crippen molar-refractivity contribution in [3.8, 4) is 0 Å². The van der Waals surface area contributed by atoms with Crippen LogP contribution in [0, 0.1) is 0 Å². The Labute approximate surface area is 139 Å². The fourth-order valence-corrected chi connectivity index (χ4v) is 2.26. The average Bonchev–Trinajstić information content (AvgIpc) is 2.44. The number of benzene rings is 2. The molecule has 6 heteroatoms. The Kier molecular flexibility index (Phi) is 5.42. The summed E-state index contributed by atoms with van der Waals surface area (Å²) in [5.41, 5.74) is 1.14. The van der Waals surface area contributed by atoms with Gasteiger partial charge in [0.25, 0.3) is 0 Å². The minimum absolute atomic E-state index is 0.167. The first-order valence-electron chi connectivity index (χ1n) is 7.46. The summed E-state index contributed by atoms with van der Waals surface area (Å²) < 4.78 is 0. The van der Waals surface area contributed by atoms with Gasteiger partial charge in [0.15, 0.2) is 0 Å². The van der Waals surface area contributed by atoms with Crippen molar-refractivity contribution in [1.29, 1.82) is 0 Å². The highest BCUT2D eigenvalue weighted by Gasteiger charge is 2.08. The lowest BCUT2D eigenvalue weighted by Crippen LogP contribution is -2.15. The van der Waals surface area contributed by atoms with Crippen LogP contribution in [0.25, 0.3) is 10.8 Å². The van der Waals surface area contributed by atoms with Crippen molar-refractivity contribution >= 4 is 45.5 Å². The Balaban J connectivity index is 2.17. The van der Waals surface area contributed by atoms with Crippen LogP contribution >= 0.6 is 0 Å². The summed E-state index contributed by atoms with van der Waals surface area (Å²) in [5.74, 6) is -1.15. The number of amides is 2. The molecule has 0 heterocycles. The molecule has 2 N–H and O–H groups in total. The number of Topliss-reactive ketones (excluding diaryl/α,β-unsaturated/α-hetero) is 2. The van der Waals surface area contributed by atoms with Crippen molar-refractivity contribution in [2.75, 3.05) is 10.6 Å². The number of carbonyl (C=O) groups is 4. The topological polar surface area (TPSA) is 92.3 Å². The lowest BCUT2D eigenvalue weighted by Gasteiger charge is -2.08. The Hall–Kier alpha value is -3.02. The molecule has 0 saturated carbocycles. The summed E-state index contributed by atoms with van der Waals surface area (Å²) in [6.45, 7) is 2.71. The molecule has 2 amide bonds. The maximum atomic E-state index is 11.7. The quantitative estimate of drug-likeness (QED) is 0.798. The van der Waals surface area contributed by atoms with Crippen LogP contribution in [0.15, 0.2) is 36.4 Å². The van der Waals surface area contributed by atoms with E-state index in [2.05, 4.69) is 10.6 Å². The molecule has 0 radical (unpaired) electrons. The lowest BCUT2D eigenvalue weighted by molar-refractivity contribution is -0.125. The molecule has 124 valence electrons. The van der Waals surface area contributed by atoms with E-state index in [9.17, 15) is 19.2 Å². The van der Waals surface area contributed by atoms with E-state index in [1.165, 1.54) is 13.8 Å². The molecule has 0 spiro atoms. The van der Waals surface area contributed by atoms with Gasteiger partial charge in [-0.05, 0) is 48.9 Å². The van der Waals surface area contributed by atoms with Gasteiger partial charge in [0.05, 0.1) is 12.8 Å². The first kappa shape index (κ1) is 17.3. The number of ketones is 2. The van der Waals surface area contributed by atoms with Crippen LogP contribution in [0.4, 0.5) is 11.4 Å². The standard InChI is InChI=1S/C18H18N2O4/c1-11(21)7-17(23)19-15-5-3-13-4-6-16(10-14(13)9-15)20-18(24)8-12(2)22/h3-6,9-10H,7-8H2,1-2H3,(H,19,23)(H,20,24). The zero-order chi connectivity index (χ0) is 17.7. The molecule has 0 saturated heterocycles. The normalized spacial score (nSPS) is 10.2. The number of rotatable bonds is 6. The first-order chi connectivity index (χ1) is 11.3. The first-order valence-corrected chi connectivity index (χ1v) is 7.46. The molecule has 0 atom stereocenters. The molecule has 2 rings (SSSR count). The number of hydrogen-bond acceptors (Lipinski definition) is 4. The SMILES string of the molecule is CC(=O)CC(=O)Nc1ccc2ccc(NC(=O)CC(C)=O)cc2c1. The van der Waals surface area contributed by atoms with Crippen LogP contribution in [0.5, 0.6) is 0 Å². The van der Waals surface area contributed by atoms with Gasteiger partial charge in [-0.15, -0.1) is 0 Å². The van der Waals surface area contributed by atoms with Crippen LogP contribution in [0.3, 0.4) is 0 Å². The zero-order valence-electron chi connectivity index (χ0n) is 13.5. The highest BCUT2D eigenvalue weighted by molar-refractivity contribution is 6.05. The molecule has 24 heavy (non-hydrogen) atoms. The van der Waals surface area contributed by atoms with E-state index < -0.39 is 0 Å². The van der Waals surface area contributed by atoms with E-state index in [-0.39, 0.29) is 36.2 Å². The van der Waals surface area contributed by atoms with E-state index in [0.717, 1.165) is 10.8 Å². The summed E-state index contributed by atoms with van der Waals surface area (Å²) in [7, 11) is 0. The number of nitrogens with one attached hydrogen (secondary N) is 2. The molecule has 0 fully saturated rings. The molecule has 0 aliphatic carbocycles. The van der Waals surface area contributed by atoms with Crippen molar-refractivity contribution in [2.45, 2.75) is 26.7 Å². The highest BCUT2D eigenvalue weighted by Crippen LogP contribution is 2.23. The molecule has 0 unspecified atom stereocenters. The second-order valence-corrected chi connectivity index (χ2v) is 5.63. The van der Waals surface area contributed by atoms with Crippen molar-refractivity contribution in [3.05, 3.63) is 36.4 Å². The lowest BCUT2D eigenvalue weighted by atomic mass is 10.1. The Morgan fingerprint density at radius 2 is 1.12 bits per heavy atom. The van der Waals surface area contributed by atoms with E-state index in [1.54, 1.807) is 24.3 Å². The van der Waals surface area contributed by atoms with E-state index in [4.69, 9.17) is 0 Å². The smallest absolute Gasteiger partial charge is 0.231 e. The largest absolute Gasteiger partial charge is 0.326 e. The molecule has 0 aromatic heterocycles. The Morgan fingerprint density at radius 3 is 1.50 bits per heavy atom. The summed E-state index contributed by atoms with van der Waals surface area (Å²) in [6, 6.07) is 10.7. The number of anilines is 2. The molecule has 0 bridgehead atoms. The minimum atomic E-state index is -0.368. The fourth-order valence-electron chi connectivity index (χ4n) is 2.26. The van der Waals surface area contributed by atoms with E-state index in [0.29, 0.717) is 11.4 Å². The predicted octanol–water partition coefficient (Wildman–Crippen LogP) is 2.68. The highest BCUT2D eigenvalue weighted by atomic mass is 16.2. The molecule has 0 aliphatic heterocycles. The fraction of sp³-hybridized carbons (Fsp3) is 0.222. The number of fused-ring (bicyclic) bond motifs is 1. The van der Waals surface area contributed by atoms with Gasteiger partial charge in [0.1, 0.15) is 11.6 Å².